The Morgan fingerprint density at radius 3 is 2.54 bits per heavy atom. The minimum Gasteiger partial charge on any atom is -0.465 e. The number of para-hydroxylation sites is 1. The molecule has 0 aliphatic carbocycles. The molecule has 67 valence electrons. The van der Waals surface area contributed by atoms with Gasteiger partial charge < -0.3 is 4.74 Å². The van der Waals surface area contributed by atoms with Crippen molar-refractivity contribution in [3.8, 4) is 5.75 Å². The van der Waals surface area contributed by atoms with Crippen LogP contribution in [0.25, 0.3) is 0 Å². The molecule has 2 rings (SSSR count). The average Bonchev–Trinajstić information content (AvgIpc) is 2.05. The molecule has 1 aromatic rings. The van der Waals surface area contributed by atoms with E-state index in [1.165, 1.54) is 5.56 Å². The molecule has 13 heavy (non-hydrogen) atoms. The van der Waals surface area contributed by atoms with E-state index < -0.39 is 0 Å². The van der Waals surface area contributed by atoms with Gasteiger partial charge in [0.1, 0.15) is 5.75 Å². The summed E-state index contributed by atoms with van der Waals surface area (Å²) in [4.78, 5) is 0. The minimum absolute atomic E-state index is 0. The summed E-state index contributed by atoms with van der Waals surface area (Å²) in [5, 5.41) is 0. The number of benzene rings is 1. The van der Waals surface area contributed by atoms with E-state index in [4.69, 9.17) is 4.74 Å². The molecule has 0 N–H and O–H groups in total. The summed E-state index contributed by atoms with van der Waals surface area (Å²) in [6.07, 6.45) is 4.75. The largest absolute Gasteiger partial charge is 0.465 e. The minimum atomic E-state index is 0. The zero-order valence-corrected chi connectivity index (χ0v) is 10.1. The van der Waals surface area contributed by atoms with Crippen LogP contribution in [0.1, 0.15) is 5.56 Å². The van der Waals surface area contributed by atoms with Gasteiger partial charge in [0.25, 0.3) is 0 Å². The first kappa shape index (κ1) is 15.5. The summed E-state index contributed by atoms with van der Waals surface area (Å²) >= 11 is 0. The van der Waals surface area contributed by atoms with E-state index in [-0.39, 0.29) is 44.8 Å². The van der Waals surface area contributed by atoms with Crippen LogP contribution in [0.2, 0.25) is 0 Å². The van der Waals surface area contributed by atoms with E-state index in [2.05, 4.69) is 6.07 Å². The Morgan fingerprint density at radius 1 is 1.15 bits per heavy atom. The SMILES string of the molecule is C1=COc2ccccc2C1.[Al].[Ni].[Si]. The predicted octanol–water partition coefficient (Wildman–Crippen LogP) is 1.37. The number of fused-ring (bicyclic) bond motifs is 1. The smallest absolute Gasteiger partial charge is 0.130 e. The quantitative estimate of drug-likeness (QED) is 0.628. The predicted molar refractivity (Wildman–Crippen MR) is 51.4 cm³/mol. The van der Waals surface area contributed by atoms with Crippen molar-refractivity contribution in [2.45, 2.75) is 6.42 Å². The summed E-state index contributed by atoms with van der Waals surface area (Å²) in [7, 11) is 0. The maximum Gasteiger partial charge on any atom is 0.130 e. The summed E-state index contributed by atoms with van der Waals surface area (Å²) in [6.45, 7) is 0. The van der Waals surface area contributed by atoms with Crippen molar-refractivity contribution in [2.75, 3.05) is 0 Å². The molecule has 1 aliphatic rings. The standard InChI is InChI=1S/C9H8O.Al.Ni.Si/c1-2-6-9-8(4-1)5-3-7-10-9;;;/h1-4,6-7H,5H2;;;. The van der Waals surface area contributed by atoms with E-state index >= 15 is 0 Å². The van der Waals surface area contributed by atoms with Gasteiger partial charge in [-0.15, -0.1) is 0 Å². The van der Waals surface area contributed by atoms with E-state index in [0.29, 0.717) is 0 Å². The normalized spacial score (nSPS) is 10.8. The van der Waals surface area contributed by atoms with Crippen molar-refractivity contribution in [3.05, 3.63) is 42.2 Å². The molecule has 0 aromatic heterocycles. The first-order chi connectivity index (χ1) is 4.97. The molecule has 0 atom stereocenters. The number of rotatable bonds is 0. The molecular formula is C9H8AlNiOSi. The van der Waals surface area contributed by atoms with Gasteiger partial charge in [-0.1, -0.05) is 18.2 Å². The zero-order chi connectivity index (χ0) is 6.81. The topological polar surface area (TPSA) is 9.23 Å². The third kappa shape index (κ3) is 3.71. The molecule has 0 bridgehead atoms. The molecule has 1 heterocycles. The van der Waals surface area contributed by atoms with Crippen LogP contribution in [-0.4, -0.2) is 28.3 Å². The van der Waals surface area contributed by atoms with E-state index in [1.807, 2.05) is 24.3 Å². The Bertz CT molecular complexity index is 251. The van der Waals surface area contributed by atoms with Gasteiger partial charge >= 0.3 is 0 Å². The van der Waals surface area contributed by atoms with Gasteiger partial charge in [0.15, 0.2) is 0 Å². The summed E-state index contributed by atoms with van der Waals surface area (Å²) < 4.78 is 5.24. The monoisotopic (exact) mass is 245 g/mol. The van der Waals surface area contributed by atoms with Gasteiger partial charge in [0.05, 0.1) is 6.26 Å². The second-order valence-corrected chi connectivity index (χ2v) is 2.30. The van der Waals surface area contributed by atoms with Crippen molar-refractivity contribution in [1.82, 2.24) is 0 Å². The van der Waals surface area contributed by atoms with Gasteiger partial charge in [-0.3, -0.25) is 0 Å². The number of ether oxygens (including phenoxy) is 1. The molecule has 7 radical (unpaired) electrons. The molecule has 0 saturated heterocycles. The molecule has 0 spiro atoms. The fourth-order valence-electron chi connectivity index (χ4n) is 1.08. The van der Waals surface area contributed by atoms with Crippen molar-refractivity contribution in [2.24, 2.45) is 0 Å². The maximum atomic E-state index is 5.24. The van der Waals surface area contributed by atoms with Gasteiger partial charge in [-0.2, -0.15) is 0 Å². The zero-order valence-electron chi connectivity index (χ0n) is 6.97. The van der Waals surface area contributed by atoms with Crippen LogP contribution in [0.5, 0.6) is 5.75 Å². The van der Waals surface area contributed by atoms with E-state index in [1.54, 1.807) is 6.26 Å². The molecule has 0 saturated carbocycles. The molecule has 4 heteroatoms. The Labute approximate surface area is 104 Å². The van der Waals surface area contributed by atoms with Crippen LogP contribution in [0.4, 0.5) is 0 Å². The molecule has 0 unspecified atom stereocenters. The second-order valence-electron chi connectivity index (χ2n) is 2.30. The van der Waals surface area contributed by atoms with Crippen molar-refractivity contribution in [1.29, 1.82) is 0 Å². The first-order valence-corrected chi connectivity index (χ1v) is 3.36. The van der Waals surface area contributed by atoms with Gasteiger partial charge in [-0.25, -0.2) is 0 Å². The van der Waals surface area contributed by atoms with E-state index in [9.17, 15) is 0 Å². The van der Waals surface area contributed by atoms with Gasteiger partial charge in [-0.05, 0) is 24.1 Å². The van der Waals surface area contributed by atoms with Crippen molar-refractivity contribution >= 4 is 28.3 Å². The summed E-state index contributed by atoms with van der Waals surface area (Å²) in [6, 6.07) is 8.08. The van der Waals surface area contributed by atoms with Crippen LogP contribution in [0, 0.1) is 0 Å². The molecule has 0 amide bonds. The van der Waals surface area contributed by atoms with Crippen molar-refractivity contribution in [3.63, 3.8) is 0 Å². The molecule has 1 aromatic carbocycles. The van der Waals surface area contributed by atoms with Gasteiger partial charge in [0.2, 0.25) is 0 Å². The van der Waals surface area contributed by atoms with Crippen LogP contribution in [0.3, 0.4) is 0 Å². The van der Waals surface area contributed by atoms with Crippen molar-refractivity contribution < 1.29 is 21.2 Å². The number of allylic oxidation sites excluding steroid dienone is 1. The molecular weight excluding hydrogens is 238 g/mol. The molecule has 1 aliphatic heterocycles. The Hall–Kier alpha value is 0.00286. The fourth-order valence-corrected chi connectivity index (χ4v) is 1.08. The fraction of sp³-hybridized carbons (Fsp3) is 0.111. The van der Waals surface area contributed by atoms with Crippen LogP contribution in [-0.2, 0) is 22.9 Å². The third-order valence-electron chi connectivity index (χ3n) is 1.60. The second kappa shape index (κ2) is 7.41. The van der Waals surface area contributed by atoms with Crippen LogP contribution >= 0.6 is 0 Å². The maximum absolute atomic E-state index is 5.24. The average molecular weight is 246 g/mol. The first-order valence-electron chi connectivity index (χ1n) is 3.36. The van der Waals surface area contributed by atoms with E-state index in [0.717, 1.165) is 12.2 Å². The number of hydrogen-bond acceptors (Lipinski definition) is 1. The Morgan fingerprint density at radius 2 is 1.85 bits per heavy atom. The number of hydrogen-bond donors (Lipinski definition) is 0. The Balaban J connectivity index is 0. The summed E-state index contributed by atoms with van der Waals surface area (Å²) in [5.41, 5.74) is 1.27. The third-order valence-corrected chi connectivity index (χ3v) is 1.60. The summed E-state index contributed by atoms with van der Waals surface area (Å²) in [5.74, 6) is 0.991. The Kier molecular flexibility index (Phi) is 8.82. The molecule has 0 fully saturated rings. The van der Waals surface area contributed by atoms with Crippen LogP contribution in [0.15, 0.2) is 36.6 Å². The molecule has 1 nitrogen and oxygen atoms in total. The van der Waals surface area contributed by atoms with Crippen LogP contribution < -0.4 is 4.74 Å². The van der Waals surface area contributed by atoms with Gasteiger partial charge in [0, 0.05) is 44.8 Å².